The molecule has 1 fully saturated rings. The van der Waals surface area contributed by atoms with Crippen LogP contribution < -0.4 is 10.5 Å². The SMILES string of the molecule is Nc1nccn2c(C3CCCN(C(=O)C=S)C3)nc(-c3ccc(Oc4ccccc4)cc3)c12. The number of hydrogen-bond acceptors (Lipinski definition) is 6. The van der Waals surface area contributed by atoms with E-state index in [9.17, 15) is 4.79 Å². The quantitative estimate of drug-likeness (QED) is 0.445. The van der Waals surface area contributed by atoms with Crippen LogP contribution in [0.4, 0.5) is 5.82 Å². The van der Waals surface area contributed by atoms with E-state index in [0.29, 0.717) is 18.9 Å². The van der Waals surface area contributed by atoms with Crippen LogP contribution in [0.1, 0.15) is 24.6 Å². The summed E-state index contributed by atoms with van der Waals surface area (Å²) in [5.41, 5.74) is 8.73. The molecule has 1 aliphatic rings. The Morgan fingerprint density at radius 1 is 1.12 bits per heavy atom. The molecule has 4 aromatic rings. The Morgan fingerprint density at radius 2 is 1.88 bits per heavy atom. The van der Waals surface area contributed by atoms with E-state index < -0.39 is 0 Å². The van der Waals surface area contributed by atoms with Crippen LogP contribution in [0.15, 0.2) is 67.0 Å². The number of anilines is 1. The number of nitrogens with zero attached hydrogens (tertiary/aromatic N) is 4. The van der Waals surface area contributed by atoms with Crippen molar-refractivity contribution < 1.29 is 9.53 Å². The number of carbonyl (C=O) groups is 1. The van der Waals surface area contributed by atoms with Gasteiger partial charge in [0.25, 0.3) is 5.91 Å². The summed E-state index contributed by atoms with van der Waals surface area (Å²) >= 11 is 4.85. The number of nitrogens with two attached hydrogens (primary N) is 1. The third kappa shape index (κ3) is 4.17. The highest BCUT2D eigenvalue weighted by Gasteiger charge is 2.28. The van der Waals surface area contributed by atoms with Crippen molar-refractivity contribution in [2.24, 2.45) is 0 Å². The number of amides is 1. The zero-order valence-electron chi connectivity index (χ0n) is 17.9. The van der Waals surface area contributed by atoms with Crippen molar-refractivity contribution in [2.75, 3.05) is 18.8 Å². The number of hydrogen-bond donors (Lipinski definition) is 1. The molecule has 2 N–H and O–H groups in total. The molecule has 0 saturated carbocycles. The maximum Gasteiger partial charge on any atom is 0.257 e. The fourth-order valence-electron chi connectivity index (χ4n) is 4.34. The zero-order valence-corrected chi connectivity index (χ0v) is 18.7. The number of rotatable bonds is 5. The van der Waals surface area contributed by atoms with E-state index in [1.165, 1.54) is 5.37 Å². The van der Waals surface area contributed by atoms with Crippen molar-refractivity contribution in [3.63, 3.8) is 0 Å². The van der Waals surface area contributed by atoms with E-state index in [2.05, 4.69) is 4.98 Å². The Balaban J connectivity index is 1.50. The normalized spacial score (nSPS) is 16.0. The molecule has 7 nitrogen and oxygen atoms in total. The molecule has 0 radical (unpaired) electrons. The molecule has 1 unspecified atom stereocenters. The predicted molar refractivity (Wildman–Crippen MR) is 132 cm³/mol. The first kappa shape index (κ1) is 21.1. The largest absolute Gasteiger partial charge is 0.457 e. The van der Waals surface area contributed by atoms with Crippen molar-refractivity contribution in [1.82, 2.24) is 19.3 Å². The molecule has 8 heteroatoms. The lowest BCUT2D eigenvalue weighted by Crippen LogP contribution is -2.39. The molecule has 0 spiro atoms. The number of fused-ring (bicyclic) bond motifs is 1. The van der Waals surface area contributed by atoms with Gasteiger partial charge in [-0.15, -0.1) is 0 Å². The number of thiocarbonyl (C=S) groups is 1. The smallest absolute Gasteiger partial charge is 0.257 e. The topological polar surface area (TPSA) is 85.8 Å². The minimum Gasteiger partial charge on any atom is -0.457 e. The lowest BCUT2D eigenvalue weighted by molar-refractivity contribution is -0.124. The first-order valence-corrected chi connectivity index (χ1v) is 11.3. The molecular formula is C25H23N5O2S. The fraction of sp³-hybridized carbons (Fsp3) is 0.200. The second kappa shape index (κ2) is 8.99. The van der Waals surface area contributed by atoms with Crippen LogP contribution in [0.5, 0.6) is 11.5 Å². The Hall–Kier alpha value is -3.78. The summed E-state index contributed by atoms with van der Waals surface area (Å²) in [6.07, 6.45) is 5.39. The van der Waals surface area contributed by atoms with E-state index in [4.69, 9.17) is 27.7 Å². The predicted octanol–water partition coefficient (Wildman–Crippen LogP) is 4.48. The Bertz CT molecular complexity index is 1300. The fourth-order valence-corrected chi connectivity index (χ4v) is 4.49. The molecule has 1 atom stereocenters. The van der Waals surface area contributed by atoms with Gasteiger partial charge in [0.15, 0.2) is 0 Å². The lowest BCUT2D eigenvalue weighted by Gasteiger charge is -2.31. The molecule has 33 heavy (non-hydrogen) atoms. The van der Waals surface area contributed by atoms with Gasteiger partial charge >= 0.3 is 0 Å². The highest BCUT2D eigenvalue weighted by atomic mass is 32.1. The second-order valence-corrected chi connectivity index (χ2v) is 8.27. The van der Waals surface area contributed by atoms with E-state index in [0.717, 1.165) is 46.9 Å². The van der Waals surface area contributed by atoms with Gasteiger partial charge in [-0.25, -0.2) is 9.97 Å². The minimum absolute atomic E-state index is 0.0846. The van der Waals surface area contributed by atoms with Crippen LogP contribution in [-0.2, 0) is 4.79 Å². The third-order valence-electron chi connectivity index (χ3n) is 5.92. The van der Waals surface area contributed by atoms with Gasteiger partial charge in [0.05, 0.1) is 5.37 Å². The average Bonchev–Trinajstić information content (AvgIpc) is 3.26. The number of imidazole rings is 1. The zero-order chi connectivity index (χ0) is 22.8. The van der Waals surface area contributed by atoms with Gasteiger partial charge in [-0.2, -0.15) is 0 Å². The summed E-state index contributed by atoms with van der Waals surface area (Å²) < 4.78 is 7.92. The third-order valence-corrected chi connectivity index (χ3v) is 6.12. The van der Waals surface area contributed by atoms with Crippen LogP contribution in [-0.4, -0.2) is 43.6 Å². The van der Waals surface area contributed by atoms with Crippen molar-refractivity contribution in [2.45, 2.75) is 18.8 Å². The van der Waals surface area contributed by atoms with Crippen molar-refractivity contribution in [1.29, 1.82) is 0 Å². The molecule has 0 bridgehead atoms. The summed E-state index contributed by atoms with van der Waals surface area (Å²) in [5, 5.41) is 1.21. The van der Waals surface area contributed by atoms with Gasteiger partial charge in [0.1, 0.15) is 34.4 Å². The van der Waals surface area contributed by atoms with Gasteiger partial charge in [-0.05, 0) is 49.2 Å². The molecule has 3 heterocycles. The van der Waals surface area contributed by atoms with E-state index >= 15 is 0 Å². The minimum atomic E-state index is -0.119. The van der Waals surface area contributed by atoms with Gasteiger partial charge < -0.3 is 15.4 Å². The number of piperidine rings is 1. The molecule has 0 aliphatic carbocycles. The highest BCUT2D eigenvalue weighted by Crippen LogP contribution is 2.34. The summed E-state index contributed by atoms with van der Waals surface area (Å²) in [5.74, 6) is 2.77. The number of nitrogen functional groups attached to an aromatic ring is 1. The monoisotopic (exact) mass is 457 g/mol. The van der Waals surface area contributed by atoms with Gasteiger partial charge in [0, 0.05) is 37.0 Å². The average molecular weight is 458 g/mol. The maximum absolute atomic E-state index is 12.1. The second-order valence-electron chi connectivity index (χ2n) is 8.03. The molecule has 1 aliphatic heterocycles. The van der Waals surface area contributed by atoms with Gasteiger partial charge in [0.2, 0.25) is 0 Å². The summed E-state index contributed by atoms with van der Waals surface area (Å²) in [6, 6.07) is 17.4. The molecular weight excluding hydrogens is 434 g/mol. The number of ether oxygens (including phenoxy) is 1. The van der Waals surface area contributed by atoms with Crippen molar-refractivity contribution >= 4 is 34.8 Å². The first-order chi connectivity index (χ1) is 16.1. The highest BCUT2D eigenvalue weighted by molar-refractivity contribution is 7.80. The van der Waals surface area contributed by atoms with E-state index in [-0.39, 0.29) is 11.8 Å². The van der Waals surface area contributed by atoms with Crippen LogP contribution in [0.25, 0.3) is 16.8 Å². The molecule has 2 aromatic heterocycles. The molecule has 1 saturated heterocycles. The Kier molecular flexibility index (Phi) is 5.75. The van der Waals surface area contributed by atoms with Crippen LogP contribution in [0.3, 0.4) is 0 Å². The van der Waals surface area contributed by atoms with Crippen LogP contribution >= 0.6 is 12.2 Å². The van der Waals surface area contributed by atoms with Gasteiger partial charge in [-0.1, -0.05) is 30.4 Å². The van der Waals surface area contributed by atoms with Crippen LogP contribution in [0.2, 0.25) is 0 Å². The molecule has 166 valence electrons. The standard InChI is InChI=1S/C25H23N5O2S/c26-24-23-22(17-8-10-20(11-9-17)32-19-6-2-1-3-7-19)28-25(30(23)14-12-27-24)18-5-4-13-29(15-18)21(31)16-33/h1-3,6-12,14,16,18H,4-5,13,15H2,(H2,26,27). The van der Waals surface area contributed by atoms with E-state index in [1.54, 1.807) is 11.1 Å². The summed E-state index contributed by atoms with van der Waals surface area (Å²) in [7, 11) is 0. The van der Waals surface area contributed by atoms with E-state index in [1.807, 2.05) is 65.2 Å². The number of aromatic nitrogens is 3. The molecule has 5 rings (SSSR count). The van der Waals surface area contributed by atoms with Crippen molar-refractivity contribution in [3.05, 3.63) is 72.8 Å². The molecule has 1 amide bonds. The molecule has 2 aromatic carbocycles. The lowest BCUT2D eigenvalue weighted by atomic mass is 9.97. The number of benzene rings is 2. The number of carbonyl (C=O) groups excluding carboxylic acids is 1. The number of likely N-dealkylation sites (tertiary alicyclic amines) is 1. The maximum atomic E-state index is 12.1. The first-order valence-electron chi connectivity index (χ1n) is 10.8. The Morgan fingerprint density at radius 3 is 2.64 bits per heavy atom. The van der Waals surface area contributed by atoms with Crippen LogP contribution in [0, 0.1) is 0 Å². The summed E-state index contributed by atoms with van der Waals surface area (Å²) in [4.78, 5) is 23.2. The summed E-state index contributed by atoms with van der Waals surface area (Å²) in [6.45, 7) is 1.29. The van der Waals surface area contributed by atoms with Crippen molar-refractivity contribution in [3.8, 4) is 22.8 Å². The number of para-hydroxylation sites is 1. The van der Waals surface area contributed by atoms with Gasteiger partial charge in [-0.3, -0.25) is 9.20 Å². The Labute approximate surface area is 196 Å².